The number of hydrogen-bond donors (Lipinski definition) is 1. The van der Waals surface area contributed by atoms with Crippen molar-refractivity contribution in [2.75, 3.05) is 17.9 Å². The maximum atomic E-state index is 13.1. The minimum atomic E-state index is -3.87. The number of aryl methyl sites for hydroxylation is 1. The highest BCUT2D eigenvalue weighted by molar-refractivity contribution is 7.92. The standard InChI is InChI=1S/C23H24N2O3S/c1-25(20-14-6-3-7-15-20)29(27,28)22-17-9-8-16-21(22)23(26)24-18-10-13-19-11-4-2-5-12-19/h2-9,11-12,14-17H,10,13,18H2,1H3,(H,24,26). The highest BCUT2D eigenvalue weighted by Gasteiger charge is 2.26. The first kappa shape index (κ1) is 20.6. The van der Waals surface area contributed by atoms with Gasteiger partial charge >= 0.3 is 0 Å². The van der Waals surface area contributed by atoms with Crippen LogP contribution in [0.4, 0.5) is 5.69 Å². The van der Waals surface area contributed by atoms with Crippen molar-refractivity contribution < 1.29 is 13.2 Å². The topological polar surface area (TPSA) is 66.5 Å². The zero-order chi connectivity index (χ0) is 20.7. The summed E-state index contributed by atoms with van der Waals surface area (Å²) < 4.78 is 27.4. The first-order valence-corrected chi connectivity index (χ1v) is 10.9. The summed E-state index contributed by atoms with van der Waals surface area (Å²) in [6, 6.07) is 25.1. The molecule has 6 heteroatoms. The number of rotatable bonds is 8. The van der Waals surface area contributed by atoms with E-state index in [0.717, 1.165) is 12.8 Å². The third-order valence-electron chi connectivity index (χ3n) is 4.66. The molecule has 0 saturated carbocycles. The van der Waals surface area contributed by atoms with Crippen LogP contribution in [-0.4, -0.2) is 27.9 Å². The van der Waals surface area contributed by atoms with Crippen molar-refractivity contribution >= 4 is 21.6 Å². The lowest BCUT2D eigenvalue weighted by atomic mass is 10.1. The summed E-state index contributed by atoms with van der Waals surface area (Å²) in [7, 11) is -2.38. The number of sulfonamides is 1. The Kier molecular flexibility index (Phi) is 6.67. The van der Waals surface area contributed by atoms with E-state index in [2.05, 4.69) is 5.32 Å². The van der Waals surface area contributed by atoms with E-state index in [1.54, 1.807) is 36.4 Å². The third kappa shape index (κ3) is 5.03. The minimum Gasteiger partial charge on any atom is -0.352 e. The van der Waals surface area contributed by atoms with E-state index in [4.69, 9.17) is 0 Å². The van der Waals surface area contributed by atoms with Gasteiger partial charge in [-0.05, 0) is 42.7 Å². The molecule has 0 saturated heterocycles. The number of carbonyl (C=O) groups excluding carboxylic acids is 1. The second kappa shape index (κ2) is 9.39. The maximum Gasteiger partial charge on any atom is 0.264 e. The molecule has 1 N–H and O–H groups in total. The van der Waals surface area contributed by atoms with Crippen LogP contribution in [0.5, 0.6) is 0 Å². The molecular weight excluding hydrogens is 384 g/mol. The second-order valence-electron chi connectivity index (χ2n) is 6.65. The van der Waals surface area contributed by atoms with Crippen LogP contribution in [0.15, 0.2) is 89.8 Å². The van der Waals surface area contributed by atoms with Crippen LogP contribution in [-0.2, 0) is 16.4 Å². The van der Waals surface area contributed by atoms with Crippen LogP contribution in [0, 0.1) is 0 Å². The van der Waals surface area contributed by atoms with Gasteiger partial charge in [0, 0.05) is 13.6 Å². The molecule has 0 atom stereocenters. The van der Waals surface area contributed by atoms with Crippen molar-refractivity contribution in [3.05, 3.63) is 96.1 Å². The van der Waals surface area contributed by atoms with Crippen molar-refractivity contribution in [1.82, 2.24) is 5.32 Å². The van der Waals surface area contributed by atoms with Crippen molar-refractivity contribution in [3.8, 4) is 0 Å². The van der Waals surface area contributed by atoms with Crippen molar-refractivity contribution in [2.45, 2.75) is 17.7 Å². The summed E-state index contributed by atoms with van der Waals surface area (Å²) in [5, 5.41) is 2.84. The smallest absolute Gasteiger partial charge is 0.264 e. The van der Waals surface area contributed by atoms with E-state index in [9.17, 15) is 13.2 Å². The van der Waals surface area contributed by atoms with Crippen LogP contribution in [0.3, 0.4) is 0 Å². The lowest BCUT2D eigenvalue weighted by Crippen LogP contribution is -2.31. The van der Waals surface area contributed by atoms with Gasteiger partial charge in [-0.1, -0.05) is 60.7 Å². The summed E-state index contributed by atoms with van der Waals surface area (Å²) in [5.74, 6) is -0.390. The van der Waals surface area contributed by atoms with Crippen molar-refractivity contribution in [3.63, 3.8) is 0 Å². The fraction of sp³-hybridized carbons (Fsp3) is 0.174. The maximum absolute atomic E-state index is 13.1. The lowest BCUT2D eigenvalue weighted by molar-refractivity contribution is 0.0950. The van der Waals surface area contributed by atoms with Gasteiger partial charge in [-0.15, -0.1) is 0 Å². The second-order valence-corrected chi connectivity index (χ2v) is 8.59. The predicted molar refractivity (Wildman–Crippen MR) is 116 cm³/mol. The molecule has 0 spiro atoms. The largest absolute Gasteiger partial charge is 0.352 e. The molecule has 3 rings (SSSR count). The molecule has 29 heavy (non-hydrogen) atoms. The van der Waals surface area contributed by atoms with Gasteiger partial charge in [-0.25, -0.2) is 8.42 Å². The van der Waals surface area contributed by atoms with Crippen LogP contribution < -0.4 is 9.62 Å². The Morgan fingerprint density at radius 3 is 2.14 bits per heavy atom. The average molecular weight is 409 g/mol. The first-order chi connectivity index (χ1) is 14.0. The molecule has 0 aliphatic rings. The minimum absolute atomic E-state index is 0.00749. The van der Waals surface area contributed by atoms with E-state index in [0.29, 0.717) is 12.2 Å². The molecule has 0 bridgehead atoms. The number of para-hydroxylation sites is 1. The number of carbonyl (C=O) groups is 1. The van der Waals surface area contributed by atoms with Gasteiger partial charge in [0.15, 0.2) is 0 Å². The van der Waals surface area contributed by atoms with Gasteiger partial charge in [-0.3, -0.25) is 9.10 Å². The summed E-state index contributed by atoms with van der Waals surface area (Å²) in [5.41, 5.74) is 1.88. The SMILES string of the molecule is CN(c1ccccc1)S(=O)(=O)c1ccccc1C(=O)NCCCc1ccccc1. The van der Waals surface area contributed by atoms with E-state index < -0.39 is 15.9 Å². The average Bonchev–Trinajstić information content (AvgIpc) is 2.77. The molecule has 0 unspecified atom stereocenters. The number of nitrogens with zero attached hydrogens (tertiary/aromatic N) is 1. The predicted octanol–water partition coefficient (Wildman–Crippen LogP) is 3.87. The Bertz CT molecular complexity index is 1050. The highest BCUT2D eigenvalue weighted by atomic mass is 32.2. The highest BCUT2D eigenvalue weighted by Crippen LogP contribution is 2.24. The molecular formula is C23H24N2O3S. The number of nitrogens with one attached hydrogen (secondary N) is 1. The Hall–Kier alpha value is -3.12. The Labute approximate surface area is 172 Å². The molecule has 0 radical (unpaired) electrons. The van der Waals surface area contributed by atoms with Crippen molar-refractivity contribution in [1.29, 1.82) is 0 Å². The van der Waals surface area contributed by atoms with Gasteiger partial charge in [0.1, 0.15) is 4.90 Å². The summed E-state index contributed by atoms with van der Waals surface area (Å²) in [6.45, 7) is 0.469. The molecule has 150 valence electrons. The zero-order valence-corrected chi connectivity index (χ0v) is 17.1. The molecule has 5 nitrogen and oxygen atoms in total. The molecule has 0 fully saturated rings. The third-order valence-corrected chi connectivity index (χ3v) is 6.50. The molecule has 0 aliphatic carbocycles. The van der Waals surface area contributed by atoms with Gasteiger partial charge in [0.2, 0.25) is 0 Å². The van der Waals surface area contributed by atoms with E-state index in [1.165, 1.54) is 29.0 Å². The van der Waals surface area contributed by atoms with Crippen LogP contribution in [0.1, 0.15) is 22.3 Å². The Morgan fingerprint density at radius 2 is 1.45 bits per heavy atom. The molecule has 0 heterocycles. The molecule has 3 aromatic rings. The Balaban J connectivity index is 1.71. The van der Waals surface area contributed by atoms with Gasteiger partial charge < -0.3 is 5.32 Å². The van der Waals surface area contributed by atoms with E-state index in [1.807, 2.05) is 36.4 Å². The summed E-state index contributed by atoms with van der Waals surface area (Å²) in [4.78, 5) is 12.7. The quantitative estimate of drug-likeness (QED) is 0.575. The molecule has 0 aliphatic heterocycles. The van der Waals surface area contributed by atoms with Crippen LogP contribution >= 0.6 is 0 Å². The number of benzene rings is 3. The number of anilines is 1. The number of amides is 1. The van der Waals surface area contributed by atoms with E-state index in [-0.39, 0.29) is 10.5 Å². The fourth-order valence-electron chi connectivity index (χ4n) is 3.04. The first-order valence-electron chi connectivity index (χ1n) is 9.45. The summed E-state index contributed by atoms with van der Waals surface area (Å²) >= 11 is 0. The Morgan fingerprint density at radius 1 is 0.862 bits per heavy atom. The van der Waals surface area contributed by atoms with Gasteiger partial charge in [0.05, 0.1) is 11.3 Å². The molecule has 3 aromatic carbocycles. The molecule has 1 amide bonds. The van der Waals surface area contributed by atoms with Crippen LogP contribution in [0.25, 0.3) is 0 Å². The number of hydrogen-bond acceptors (Lipinski definition) is 3. The van der Waals surface area contributed by atoms with Gasteiger partial charge in [0.25, 0.3) is 15.9 Å². The van der Waals surface area contributed by atoms with Crippen LogP contribution in [0.2, 0.25) is 0 Å². The monoisotopic (exact) mass is 408 g/mol. The summed E-state index contributed by atoms with van der Waals surface area (Å²) in [6.07, 6.45) is 1.62. The van der Waals surface area contributed by atoms with Gasteiger partial charge in [-0.2, -0.15) is 0 Å². The van der Waals surface area contributed by atoms with Crippen molar-refractivity contribution in [2.24, 2.45) is 0 Å². The van der Waals surface area contributed by atoms with E-state index >= 15 is 0 Å². The fourth-order valence-corrected chi connectivity index (χ4v) is 4.42. The molecule has 0 aromatic heterocycles. The lowest BCUT2D eigenvalue weighted by Gasteiger charge is -2.21. The normalized spacial score (nSPS) is 11.1. The zero-order valence-electron chi connectivity index (χ0n) is 16.3.